The van der Waals surface area contributed by atoms with Crippen molar-refractivity contribution >= 4 is 19.5 Å². The molecule has 30 heavy (non-hydrogen) atoms. The van der Waals surface area contributed by atoms with E-state index in [1.165, 1.54) is 0 Å². The fourth-order valence-corrected chi connectivity index (χ4v) is 3.41. The highest BCUT2D eigenvalue weighted by Crippen LogP contribution is 2.55. The first-order valence-corrected chi connectivity index (χ1v) is 12.6. The van der Waals surface area contributed by atoms with Crippen LogP contribution in [0.1, 0.15) is 85.5 Å². The molecule has 0 rings (SSSR count). The van der Waals surface area contributed by atoms with Crippen LogP contribution in [0.15, 0.2) is 0 Å². The zero-order chi connectivity index (χ0) is 22.7. The minimum absolute atomic E-state index is 0.129. The SMILES string of the molecule is CCCCOOP(=O)(OOCCCC)C(CC(=O)OCCCC)C(=O)OCCCC. The highest BCUT2D eigenvalue weighted by Gasteiger charge is 2.47. The van der Waals surface area contributed by atoms with Crippen LogP contribution in [0.3, 0.4) is 0 Å². The van der Waals surface area contributed by atoms with Crippen molar-refractivity contribution in [2.75, 3.05) is 26.4 Å². The molecular formula is C20H39O9P. The van der Waals surface area contributed by atoms with E-state index < -0.39 is 31.6 Å². The summed E-state index contributed by atoms with van der Waals surface area (Å²) in [5.74, 6) is -1.58. The van der Waals surface area contributed by atoms with E-state index in [9.17, 15) is 14.2 Å². The summed E-state index contributed by atoms with van der Waals surface area (Å²) in [5.41, 5.74) is -1.55. The van der Waals surface area contributed by atoms with E-state index >= 15 is 0 Å². The summed E-state index contributed by atoms with van der Waals surface area (Å²) < 4.78 is 33.7. The first kappa shape index (κ1) is 29.0. The second kappa shape index (κ2) is 18.8. The van der Waals surface area contributed by atoms with Crippen molar-refractivity contribution in [2.24, 2.45) is 0 Å². The Balaban J connectivity index is 5.34. The predicted octanol–water partition coefficient (Wildman–Crippen LogP) is 5.12. The van der Waals surface area contributed by atoms with Gasteiger partial charge in [0.25, 0.3) is 0 Å². The largest absolute Gasteiger partial charge is 0.466 e. The van der Waals surface area contributed by atoms with Gasteiger partial charge in [0.2, 0.25) is 0 Å². The van der Waals surface area contributed by atoms with Crippen LogP contribution < -0.4 is 0 Å². The summed E-state index contributed by atoms with van der Waals surface area (Å²) in [6.45, 7) is 8.44. The summed E-state index contributed by atoms with van der Waals surface area (Å²) in [5, 5.41) is 0. The van der Waals surface area contributed by atoms with E-state index in [1.807, 2.05) is 27.7 Å². The Morgan fingerprint density at radius 1 is 0.700 bits per heavy atom. The van der Waals surface area contributed by atoms with Crippen molar-refractivity contribution in [3.8, 4) is 0 Å². The molecule has 0 N–H and O–H groups in total. The molecule has 0 aliphatic rings. The van der Waals surface area contributed by atoms with Crippen LogP contribution in [0, 0.1) is 0 Å². The Labute approximate surface area is 180 Å². The van der Waals surface area contributed by atoms with Gasteiger partial charge < -0.3 is 9.47 Å². The molecule has 0 aliphatic carbocycles. The normalized spacial score (nSPS) is 12.5. The maximum atomic E-state index is 13.4. The molecule has 0 aromatic heterocycles. The van der Waals surface area contributed by atoms with Gasteiger partial charge in [-0.15, -0.1) is 9.35 Å². The fraction of sp³-hybridized carbons (Fsp3) is 0.900. The van der Waals surface area contributed by atoms with E-state index in [2.05, 4.69) is 0 Å². The van der Waals surface area contributed by atoms with E-state index in [1.54, 1.807) is 0 Å². The van der Waals surface area contributed by atoms with Crippen LogP contribution in [-0.4, -0.2) is 44.0 Å². The number of rotatable bonds is 20. The van der Waals surface area contributed by atoms with Gasteiger partial charge in [-0.05, 0) is 25.7 Å². The Hall–Kier alpha value is -0.990. The van der Waals surface area contributed by atoms with E-state index in [-0.39, 0.29) is 26.4 Å². The van der Waals surface area contributed by atoms with Gasteiger partial charge in [-0.3, -0.25) is 14.2 Å². The zero-order valence-corrected chi connectivity index (χ0v) is 19.8. The lowest BCUT2D eigenvalue weighted by Gasteiger charge is -2.23. The topological polar surface area (TPSA) is 107 Å². The molecule has 1 unspecified atom stereocenters. The minimum atomic E-state index is -4.33. The molecule has 0 saturated heterocycles. The zero-order valence-electron chi connectivity index (χ0n) is 18.9. The van der Waals surface area contributed by atoms with Crippen LogP contribution in [0.4, 0.5) is 0 Å². The van der Waals surface area contributed by atoms with Crippen molar-refractivity contribution in [3.05, 3.63) is 0 Å². The molecule has 0 aromatic rings. The van der Waals surface area contributed by atoms with Crippen LogP contribution in [0.5, 0.6) is 0 Å². The third kappa shape index (κ3) is 13.3. The number of ether oxygens (including phenoxy) is 2. The lowest BCUT2D eigenvalue weighted by Crippen LogP contribution is -2.30. The van der Waals surface area contributed by atoms with E-state index in [0.717, 1.165) is 25.7 Å². The molecule has 0 heterocycles. The predicted molar refractivity (Wildman–Crippen MR) is 112 cm³/mol. The molecule has 0 amide bonds. The molecule has 0 aliphatic heterocycles. The molecule has 0 bridgehead atoms. The summed E-state index contributed by atoms with van der Waals surface area (Å²) in [4.78, 5) is 34.9. The lowest BCUT2D eigenvalue weighted by atomic mass is 10.3. The number of carbonyl (C=O) groups is 2. The molecule has 0 fully saturated rings. The van der Waals surface area contributed by atoms with Crippen LogP contribution >= 0.6 is 7.60 Å². The first-order chi connectivity index (χ1) is 14.4. The number of esters is 2. The molecule has 0 aromatic carbocycles. The maximum Gasteiger partial charge on any atom is 0.398 e. The summed E-state index contributed by atoms with van der Waals surface area (Å²) in [6, 6.07) is 0. The van der Waals surface area contributed by atoms with Gasteiger partial charge in [0.05, 0.1) is 32.8 Å². The van der Waals surface area contributed by atoms with Gasteiger partial charge in [0.15, 0.2) is 5.66 Å². The van der Waals surface area contributed by atoms with Crippen LogP contribution in [-0.2, 0) is 42.8 Å². The monoisotopic (exact) mass is 454 g/mol. The Bertz CT molecular complexity index is 483. The Kier molecular flexibility index (Phi) is 18.1. The minimum Gasteiger partial charge on any atom is -0.466 e. The molecule has 1 atom stereocenters. The highest BCUT2D eigenvalue weighted by molar-refractivity contribution is 7.55. The van der Waals surface area contributed by atoms with Crippen molar-refractivity contribution in [1.29, 1.82) is 0 Å². The number of carbonyl (C=O) groups excluding carboxylic acids is 2. The molecule has 0 spiro atoms. The van der Waals surface area contributed by atoms with Gasteiger partial charge in [-0.25, -0.2) is 9.78 Å². The van der Waals surface area contributed by atoms with Crippen LogP contribution in [0.2, 0.25) is 0 Å². The quantitative estimate of drug-likeness (QED) is 0.0814. The second-order valence-corrected chi connectivity index (χ2v) is 8.86. The number of hydrogen-bond donors (Lipinski definition) is 0. The van der Waals surface area contributed by atoms with Gasteiger partial charge in [0, 0.05) is 0 Å². The second-order valence-electron chi connectivity index (χ2n) is 6.85. The van der Waals surface area contributed by atoms with Crippen LogP contribution in [0.25, 0.3) is 0 Å². The summed E-state index contributed by atoms with van der Waals surface area (Å²) in [6.07, 6.45) is 5.40. The average Bonchev–Trinajstić information content (AvgIpc) is 2.73. The Morgan fingerprint density at radius 2 is 1.13 bits per heavy atom. The molecule has 0 radical (unpaired) electrons. The smallest absolute Gasteiger partial charge is 0.398 e. The summed E-state index contributed by atoms with van der Waals surface area (Å²) in [7, 11) is -4.33. The number of unbranched alkanes of at least 4 members (excludes halogenated alkanes) is 4. The van der Waals surface area contributed by atoms with E-state index in [4.69, 9.17) is 28.6 Å². The molecule has 178 valence electrons. The third-order valence-electron chi connectivity index (χ3n) is 3.99. The third-order valence-corrected chi connectivity index (χ3v) is 5.78. The highest BCUT2D eigenvalue weighted by atomic mass is 31.2. The first-order valence-electron chi connectivity index (χ1n) is 11.0. The Morgan fingerprint density at radius 3 is 1.60 bits per heavy atom. The fourth-order valence-electron chi connectivity index (χ4n) is 2.03. The van der Waals surface area contributed by atoms with Crippen molar-refractivity contribution in [3.63, 3.8) is 0 Å². The molecular weight excluding hydrogens is 415 g/mol. The number of hydrogen-bond acceptors (Lipinski definition) is 9. The average molecular weight is 454 g/mol. The van der Waals surface area contributed by atoms with Gasteiger partial charge in [-0.1, -0.05) is 53.4 Å². The van der Waals surface area contributed by atoms with Crippen molar-refractivity contribution < 1.29 is 42.8 Å². The lowest BCUT2D eigenvalue weighted by molar-refractivity contribution is -0.268. The maximum absolute atomic E-state index is 13.4. The van der Waals surface area contributed by atoms with Crippen molar-refractivity contribution in [2.45, 2.75) is 91.1 Å². The van der Waals surface area contributed by atoms with Gasteiger partial charge >= 0.3 is 19.5 Å². The molecule has 9 nitrogen and oxygen atoms in total. The van der Waals surface area contributed by atoms with Gasteiger partial charge in [-0.2, -0.15) is 0 Å². The molecule has 10 heteroatoms. The van der Waals surface area contributed by atoms with E-state index in [0.29, 0.717) is 25.7 Å². The van der Waals surface area contributed by atoms with Gasteiger partial charge in [0.1, 0.15) is 0 Å². The summed E-state index contributed by atoms with van der Waals surface area (Å²) >= 11 is 0. The standard InChI is InChI=1S/C20H39O9P/c1-5-9-13-24-19(21)17-18(20(22)25-14-10-6-2)30(23,28-26-15-11-7-3)29-27-16-12-8-4/h18H,5-17H2,1-4H3. The van der Waals surface area contributed by atoms with Crippen molar-refractivity contribution in [1.82, 2.24) is 0 Å². The molecule has 0 saturated carbocycles.